The monoisotopic (exact) mass is 510 g/mol. The number of morpholine rings is 1. The molecule has 2 amide bonds. The largest absolute Gasteiger partial charge is 0.378 e. The molecular weight excluding hydrogens is 483 g/mol. The third-order valence-electron chi connectivity index (χ3n) is 6.27. The maximum Gasteiger partial charge on any atom is 0.270 e. The topological polar surface area (TPSA) is 76.5 Å². The lowest BCUT2D eigenvalue weighted by Gasteiger charge is -2.27. The van der Waals surface area contributed by atoms with Gasteiger partial charge in [-0.1, -0.05) is 35.9 Å². The minimum absolute atomic E-state index is 0.119. The Morgan fingerprint density at radius 2 is 1.63 bits per heavy atom. The number of halogens is 1. The molecule has 1 aliphatic rings. The minimum Gasteiger partial charge on any atom is -0.378 e. The van der Waals surface area contributed by atoms with Gasteiger partial charge >= 0.3 is 0 Å². The molecule has 0 saturated carbocycles. The highest BCUT2D eigenvalue weighted by Gasteiger charge is 2.24. The Kier molecular flexibility index (Phi) is 7.42. The molecule has 0 bridgehead atoms. The highest BCUT2D eigenvalue weighted by atomic mass is 19.1. The van der Waals surface area contributed by atoms with Crippen LogP contribution in [-0.2, 0) is 9.53 Å². The molecule has 0 unspecified atom stereocenters. The van der Waals surface area contributed by atoms with Crippen molar-refractivity contribution in [3.05, 3.63) is 113 Å². The van der Waals surface area contributed by atoms with Crippen molar-refractivity contribution in [1.29, 1.82) is 0 Å². The Bertz CT molecular complexity index is 1460. The summed E-state index contributed by atoms with van der Waals surface area (Å²) in [5.41, 5.74) is 4.23. The summed E-state index contributed by atoms with van der Waals surface area (Å²) in [4.78, 5) is 28.4. The zero-order valence-electron chi connectivity index (χ0n) is 20.9. The van der Waals surface area contributed by atoms with Crippen LogP contribution in [0.25, 0.3) is 23.0 Å². The lowest BCUT2D eigenvalue weighted by atomic mass is 10.1. The van der Waals surface area contributed by atoms with Gasteiger partial charge in [-0.3, -0.25) is 9.59 Å². The zero-order valence-corrected chi connectivity index (χ0v) is 20.9. The first kappa shape index (κ1) is 25.1. The number of rotatable bonds is 6. The average Bonchev–Trinajstić information content (AvgIpc) is 3.37. The summed E-state index contributed by atoms with van der Waals surface area (Å²) in [5.74, 6) is -1.06. The van der Waals surface area contributed by atoms with E-state index in [-0.39, 0.29) is 17.4 Å². The summed E-state index contributed by atoms with van der Waals surface area (Å²) in [6.07, 6.45) is 3.42. The summed E-state index contributed by atoms with van der Waals surface area (Å²) < 4.78 is 20.8. The number of benzene rings is 3. The van der Waals surface area contributed by atoms with E-state index in [4.69, 9.17) is 9.84 Å². The SMILES string of the molecule is Cc1ccc(C(=O)N/C(=C\c2cn(-c3ccccc3)nc2-c2ccc(F)cc2)C(=O)N2CCOCC2)cc1. The van der Waals surface area contributed by atoms with Crippen molar-refractivity contribution >= 4 is 17.9 Å². The third-order valence-corrected chi connectivity index (χ3v) is 6.27. The van der Waals surface area contributed by atoms with Gasteiger partial charge in [0.25, 0.3) is 11.8 Å². The highest BCUT2D eigenvalue weighted by molar-refractivity contribution is 6.05. The maximum atomic E-state index is 13.7. The van der Waals surface area contributed by atoms with Gasteiger partial charge in [0.05, 0.1) is 18.9 Å². The van der Waals surface area contributed by atoms with E-state index in [1.165, 1.54) is 12.1 Å². The smallest absolute Gasteiger partial charge is 0.270 e. The van der Waals surface area contributed by atoms with E-state index < -0.39 is 5.91 Å². The van der Waals surface area contributed by atoms with Gasteiger partial charge in [0.15, 0.2) is 0 Å². The van der Waals surface area contributed by atoms with Crippen molar-refractivity contribution < 1.29 is 18.7 Å². The molecule has 0 aliphatic carbocycles. The van der Waals surface area contributed by atoms with Gasteiger partial charge in [0, 0.05) is 36.0 Å². The number of nitrogens with one attached hydrogen (secondary N) is 1. The first-order valence-corrected chi connectivity index (χ1v) is 12.4. The first-order chi connectivity index (χ1) is 18.5. The molecule has 1 aliphatic heterocycles. The number of nitrogens with zero attached hydrogens (tertiary/aromatic N) is 3. The molecule has 0 spiro atoms. The van der Waals surface area contributed by atoms with Gasteiger partial charge in [-0.05, 0) is 61.5 Å². The normalized spacial score (nSPS) is 13.8. The molecule has 7 nitrogen and oxygen atoms in total. The average molecular weight is 511 g/mol. The van der Waals surface area contributed by atoms with Crippen molar-refractivity contribution in [2.45, 2.75) is 6.92 Å². The van der Waals surface area contributed by atoms with Crippen molar-refractivity contribution in [3.8, 4) is 16.9 Å². The Balaban J connectivity index is 1.58. The number of carbonyl (C=O) groups is 2. The summed E-state index contributed by atoms with van der Waals surface area (Å²) in [6, 6.07) is 22.7. The quantitative estimate of drug-likeness (QED) is 0.384. The van der Waals surface area contributed by atoms with E-state index >= 15 is 0 Å². The Morgan fingerprint density at radius 3 is 2.32 bits per heavy atom. The Hall–Kier alpha value is -4.56. The number of hydrogen-bond acceptors (Lipinski definition) is 4. The van der Waals surface area contributed by atoms with Crippen molar-refractivity contribution in [2.75, 3.05) is 26.3 Å². The van der Waals surface area contributed by atoms with Gasteiger partial charge in [0.2, 0.25) is 0 Å². The predicted molar refractivity (Wildman–Crippen MR) is 143 cm³/mol. The van der Waals surface area contributed by atoms with Gasteiger partial charge in [-0.2, -0.15) is 5.10 Å². The molecule has 3 aromatic carbocycles. The summed E-state index contributed by atoms with van der Waals surface area (Å²) in [7, 11) is 0. The second kappa shape index (κ2) is 11.2. The van der Waals surface area contributed by atoms with Crippen LogP contribution in [0.5, 0.6) is 0 Å². The second-order valence-corrected chi connectivity index (χ2v) is 9.00. The zero-order chi connectivity index (χ0) is 26.5. The molecule has 2 heterocycles. The summed E-state index contributed by atoms with van der Waals surface area (Å²) >= 11 is 0. The van der Waals surface area contributed by atoms with E-state index in [9.17, 15) is 14.0 Å². The van der Waals surface area contributed by atoms with Crippen molar-refractivity contribution in [3.63, 3.8) is 0 Å². The Labute approximate surface area is 220 Å². The maximum absolute atomic E-state index is 13.7. The fraction of sp³-hybridized carbons (Fsp3) is 0.167. The number of aryl methyl sites for hydroxylation is 1. The van der Waals surface area contributed by atoms with Crippen LogP contribution in [0.2, 0.25) is 0 Å². The van der Waals surface area contributed by atoms with E-state index in [1.54, 1.807) is 46.1 Å². The van der Waals surface area contributed by atoms with Crippen LogP contribution >= 0.6 is 0 Å². The van der Waals surface area contributed by atoms with Gasteiger partial charge < -0.3 is 15.0 Å². The molecule has 5 rings (SSSR count). The third kappa shape index (κ3) is 5.71. The van der Waals surface area contributed by atoms with E-state index in [0.717, 1.165) is 11.3 Å². The van der Waals surface area contributed by atoms with Gasteiger partial charge in [-0.25, -0.2) is 9.07 Å². The Morgan fingerprint density at radius 1 is 0.947 bits per heavy atom. The van der Waals surface area contributed by atoms with Crippen LogP contribution in [0, 0.1) is 12.7 Å². The first-order valence-electron chi connectivity index (χ1n) is 12.4. The van der Waals surface area contributed by atoms with E-state index in [1.807, 2.05) is 49.4 Å². The van der Waals surface area contributed by atoms with Crippen LogP contribution in [0.1, 0.15) is 21.5 Å². The summed E-state index contributed by atoms with van der Waals surface area (Å²) in [5, 5.41) is 7.57. The molecule has 1 fully saturated rings. The molecule has 1 aromatic heterocycles. The molecule has 192 valence electrons. The number of carbonyl (C=O) groups excluding carboxylic acids is 2. The second-order valence-electron chi connectivity index (χ2n) is 9.00. The van der Waals surface area contributed by atoms with Crippen LogP contribution in [0.15, 0.2) is 90.8 Å². The van der Waals surface area contributed by atoms with Gasteiger partial charge in [-0.15, -0.1) is 0 Å². The molecule has 0 radical (unpaired) electrons. The molecule has 0 atom stereocenters. The molecule has 8 heteroatoms. The number of aromatic nitrogens is 2. The molecule has 38 heavy (non-hydrogen) atoms. The standard InChI is InChI=1S/C30H27FN4O3/c1-21-7-9-23(10-8-21)29(36)32-27(30(37)34-15-17-38-18-16-34)19-24-20-35(26-5-3-2-4-6-26)33-28(24)22-11-13-25(31)14-12-22/h2-14,19-20H,15-18H2,1H3,(H,32,36)/b27-19-. The van der Waals surface area contributed by atoms with E-state index in [2.05, 4.69) is 5.32 Å². The van der Waals surface area contributed by atoms with Gasteiger partial charge in [0.1, 0.15) is 17.2 Å². The fourth-order valence-electron chi connectivity index (χ4n) is 4.18. The molecule has 1 saturated heterocycles. The minimum atomic E-state index is -0.392. The van der Waals surface area contributed by atoms with Crippen LogP contribution in [0.3, 0.4) is 0 Å². The summed E-state index contributed by atoms with van der Waals surface area (Å²) in [6.45, 7) is 3.64. The molecule has 4 aromatic rings. The fourth-order valence-corrected chi connectivity index (χ4v) is 4.18. The van der Waals surface area contributed by atoms with Crippen LogP contribution < -0.4 is 5.32 Å². The van der Waals surface area contributed by atoms with Crippen LogP contribution in [-0.4, -0.2) is 52.8 Å². The number of amides is 2. The van der Waals surface area contributed by atoms with E-state index in [0.29, 0.717) is 48.7 Å². The number of para-hydroxylation sites is 1. The predicted octanol–water partition coefficient (Wildman–Crippen LogP) is 4.62. The van der Waals surface area contributed by atoms with Crippen LogP contribution in [0.4, 0.5) is 4.39 Å². The highest BCUT2D eigenvalue weighted by Crippen LogP contribution is 2.26. The van der Waals surface area contributed by atoms with Crippen molar-refractivity contribution in [1.82, 2.24) is 20.0 Å². The lowest BCUT2D eigenvalue weighted by molar-refractivity contribution is -0.131. The number of hydrogen-bond donors (Lipinski definition) is 1. The number of ether oxygens (including phenoxy) is 1. The molecule has 1 N–H and O–H groups in total. The van der Waals surface area contributed by atoms with Crippen molar-refractivity contribution in [2.24, 2.45) is 0 Å². The lowest BCUT2D eigenvalue weighted by Crippen LogP contribution is -2.44. The molecular formula is C30H27FN4O3.